The fraction of sp³-hybridized carbons (Fsp3) is 0.150. The van der Waals surface area contributed by atoms with Gasteiger partial charge in [-0.2, -0.15) is 5.10 Å². The smallest absolute Gasteiger partial charge is 0.349 e. The summed E-state index contributed by atoms with van der Waals surface area (Å²) in [5.74, 6) is -0.476. The van der Waals surface area contributed by atoms with E-state index in [0.29, 0.717) is 11.0 Å². The quantitative estimate of drug-likeness (QED) is 0.578. The first kappa shape index (κ1) is 16.1. The molecule has 0 spiro atoms. The lowest BCUT2D eigenvalue weighted by atomic mass is 10.1. The van der Waals surface area contributed by atoms with Gasteiger partial charge < -0.3 is 9.73 Å². The third-order valence-electron chi connectivity index (χ3n) is 4.38. The number of fused-ring (bicyclic) bond motifs is 2. The fourth-order valence-electron chi connectivity index (χ4n) is 3.06. The molecule has 130 valence electrons. The summed E-state index contributed by atoms with van der Waals surface area (Å²) in [6, 6.07) is 14.7. The van der Waals surface area contributed by atoms with E-state index in [-0.39, 0.29) is 12.1 Å². The minimum absolute atomic E-state index is 0.0138. The van der Waals surface area contributed by atoms with Gasteiger partial charge in [-0.25, -0.2) is 4.79 Å². The minimum atomic E-state index is -0.650. The van der Waals surface area contributed by atoms with Gasteiger partial charge in [0.05, 0.1) is 17.8 Å². The molecule has 2 heterocycles. The Morgan fingerprint density at radius 2 is 2.00 bits per heavy atom. The molecular weight excluding hydrogens is 330 g/mol. The molecular formula is C20H17N3O3. The third kappa shape index (κ3) is 2.75. The number of hydrogen-bond acceptors (Lipinski definition) is 4. The normalized spacial score (nSPS) is 11.2. The average Bonchev–Trinajstić information content (AvgIpc) is 2.94. The molecule has 0 saturated carbocycles. The van der Waals surface area contributed by atoms with Gasteiger partial charge in [0.25, 0.3) is 5.91 Å². The van der Waals surface area contributed by atoms with Gasteiger partial charge >= 0.3 is 5.63 Å². The van der Waals surface area contributed by atoms with Crippen LogP contribution in [0.15, 0.2) is 57.7 Å². The van der Waals surface area contributed by atoms with Gasteiger partial charge in [0, 0.05) is 17.8 Å². The van der Waals surface area contributed by atoms with Crippen molar-refractivity contribution in [3.8, 4) is 0 Å². The Labute approximate surface area is 149 Å². The van der Waals surface area contributed by atoms with Crippen molar-refractivity contribution in [2.75, 3.05) is 0 Å². The summed E-state index contributed by atoms with van der Waals surface area (Å²) in [5, 5.41) is 8.93. The van der Waals surface area contributed by atoms with Crippen LogP contribution in [-0.4, -0.2) is 15.7 Å². The van der Waals surface area contributed by atoms with Gasteiger partial charge in [-0.1, -0.05) is 29.8 Å². The van der Waals surface area contributed by atoms with Gasteiger partial charge in [0.15, 0.2) is 0 Å². The second-order valence-electron chi connectivity index (χ2n) is 6.26. The molecule has 6 nitrogen and oxygen atoms in total. The number of amides is 1. The number of rotatable bonds is 3. The number of aromatic nitrogens is 2. The van der Waals surface area contributed by atoms with E-state index in [1.807, 2.05) is 38.2 Å². The number of benzene rings is 2. The summed E-state index contributed by atoms with van der Waals surface area (Å²) in [6.45, 7) is 2.24. The second kappa shape index (κ2) is 6.15. The number of hydrogen-bond donors (Lipinski definition) is 1. The zero-order valence-corrected chi connectivity index (χ0v) is 14.4. The molecule has 2 aromatic heterocycles. The van der Waals surface area contributed by atoms with E-state index >= 15 is 0 Å². The highest BCUT2D eigenvalue weighted by molar-refractivity contribution is 5.96. The molecule has 1 amide bonds. The highest BCUT2D eigenvalue weighted by Gasteiger charge is 2.15. The molecule has 4 aromatic rings. The van der Waals surface area contributed by atoms with Gasteiger partial charge in [0.2, 0.25) is 0 Å². The summed E-state index contributed by atoms with van der Waals surface area (Å²) in [5.41, 5.74) is 2.66. The minimum Gasteiger partial charge on any atom is -0.422 e. The van der Waals surface area contributed by atoms with Gasteiger partial charge in [-0.05, 0) is 31.2 Å². The molecule has 0 aliphatic rings. The molecule has 1 N–H and O–H groups in total. The van der Waals surface area contributed by atoms with E-state index < -0.39 is 11.5 Å². The number of carbonyl (C=O) groups is 1. The van der Waals surface area contributed by atoms with Crippen LogP contribution < -0.4 is 10.9 Å². The molecule has 4 rings (SSSR count). The number of nitrogens with one attached hydrogen (secondary N) is 1. The van der Waals surface area contributed by atoms with E-state index in [9.17, 15) is 9.59 Å². The highest BCUT2D eigenvalue weighted by Crippen LogP contribution is 2.19. The Morgan fingerprint density at radius 1 is 1.19 bits per heavy atom. The Kier molecular flexibility index (Phi) is 3.80. The van der Waals surface area contributed by atoms with Crippen LogP contribution in [0.2, 0.25) is 0 Å². The zero-order chi connectivity index (χ0) is 18.3. The molecule has 2 aromatic carbocycles. The molecule has 0 saturated heterocycles. The molecule has 0 atom stereocenters. The second-order valence-corrected chi connectivity index (χ2v) is 6.26. The molecule has 26 heavy (non-hydrogen) atoms. The first-order valence-corrected chi connectivity index (χ1v) is 8.26. The predicted molar refractivity (Wildman–Crippen MR) is 99.1 cm³/mol. The van der Waals surface area contributed by atoms with Crippen molar-refractivity contribution in [1.82, 2.24) is 15.1 Å². The van der Waals surface area contributed by atoms with Crippen LogP contribution in [-0.2, 0) is 13.6 Å². The van der Waals surface area contributed by atoms with Gasteiger partial charge in [0.1, 0.15) is 11.1 Å². The maximum Gasteiger partial charge on any atom is 0.349 e. The number of carbonyl (C=O) groups excluding carboxylic acids is 1. The van der Waals surface area contributed by atoms with E-state index in [1.54, 1.807) is 28.9 Å². The molecule has 0 bridgehead atoms. The summed E-state index contributed by atoms with van der Waals surface area (Å²) >= 11 is 0. The lowest BCUT2D eigenvalue weighted by Crippen LogP contribution is -2.28. The Balaban J connectivity index is 1.63. The van der Waals surface area contributed by atoms with Crippen molar-refractivity contribution in [1.29, 1.82) is 0 Å². The maximum absolute atomic E-state index is 12.5. The molecule has 0 fully saturated rings. The lowest BCUT2D eigenvalue weighted by Gasteiger charge is -2.04. The van der Waals surface area contributed by atoms with E-state index in [0.717, 1.165) is 22.2 Å². The van der Waals surface area contributed by atoms with Gasteiger partial charge in [-0.3, -0.25) is 9.48 Å². The molecule has 0 aliphatic heterocycles. The van der Waals surface area contributed by atoms with Crippen molar-refractivity contribution in [3.63, 3.8) is 0 Å². The maximum atomic E-state index is 12.5. The summed E-state index contributed by atoms with van der Waals surface area (Å²) in [6.07, 6.45) is 0. The third-order valence-corrected chi connectivity index (χ3v) is 4.38. The molecule has 0 unspecified atom stereocenters. The Hall–Kier alpha value is -3.41. The number of nitrogens with zero attached hydrogens (tertiary/aromatic N) is 2. The largest absolute Gasteiger partial charge is 0.422 e. The fourth-order valence-corrected chi connectivity index (χ4v) is 3.06. The molecule has 0 radical (unpaired) electrons. The standard InChI is InChI=1S/C20H17N3O3/c1-12-7-8-17-14(9-12)16(22-23(17)2)11-21-19(24)15-10-13-5-3-4-6-18(13)26-20(15)25/h3-10H,11H2,1-2H3,(H,21,24). The van der Waals surface area contributed by atoms with Crippen LogP contribution in [0.25, 0.3) is 21.9 Å². The molecule has 6 heteroatoms. The summed E-state index contributed by atoms with van der Waals surface area (Å²) in [7, 11) is 1.86. The Bertz CT molecular complexity index is 1200. The van der Waals surface area contributed by atoms with Crippen molar-refractivity contribution in [2.45, 2.75) is 13.5 Å². The van der Waals surface area contributed by atoms with Crippen molar-refractivity contribution >= 4 is 27.8 Å². The van der Waals surface area contributed by atoms with Crippen LogP contribution >= 0.6 is 0 Å². The summed E-state index contributed by atoms with van der Waals surface area (Å²) < 4.78 is 7.00. The van der Waals surface area contributed by atoms with Crippen molar-refractivity contribution in [3.05, 3.63) is 75.8 Å². The summed E-state index contributed by atoms with van der Waals surface area (Å²) in [4.78, 5) is 24.6. The van der Waals surface area contributed by atoms with Crippen LogP contribution in [0.3, 0.4) is 0 Å². The molecule has 0 aliphatic carbocycles. The van der Waals surface area contributed by atoms with Crippen LogP contribution in [0.1, 0.15) is 21.6 Å². The van der Waals surface area contributed by atoms with E-state index in [1.165, 1.54) is 0 Å². The van der Waals surface area contributed by atoms with Crippen LogP contribution in [0.5, 0.6) is 0 Å². The van der Waals surface area contributed by atoms with Crippen molar-refractivity contribution < 1.29 is 9.21 Å². The van der Waals surface area contributed by atoms with Gasteiger partial charge in [-0.15, -0.1) is 0 Å². The average molecular weight is 347 g/mol. The predicted octanol–water partition coefficient (Wildman–Crippen LogP) is 2.92. The SMILES string of the molecule is Cc1ccc2c(c1)c(CNC(=O)c1cc3ccccc3oc1=O)nn2C. The first-order chi connectivity index (χ1) is 12.5. The van der Waals surface area contributed by atoms with Crippen molar-refractivity contribution in [2.24, 2.45) is 7.05 Å². The van der Waals surface area contributed by atoms with E-state index in [2.05, 4.69) is 10.4 Å². The highest BCUT2D eigenvalue weighted by atomic mass is 16.4. The zero-order valence-electron chi connectivity index (χ0n) is 14.4. The van der Waals surface area contributed by atoms with E-state index in [4.69, 9.17) is 4.42 Å². The van der Waals surface area contributed by atoms with Crippen LogP contribution in [0.4, 0.5) is 0 Å². The topological polar surface area (TPSA) is 77.1 Å². The number of aryl methyl sites for hydroxylation is 2. The lowest BCUT2D eigenvalue weighted by molar-refractivity contribution is 0.0947. The first-order valence-electron chi connectivity index (χ1n) is 8.26. The van der Waals surface area contributed by atoms with Crippen LogP contribution in [0, 0.1) is 6.92 Å². The monoisotopic (exact) mass is 347 g/mol. The Morgan fingerprint density at radius 3 is 2.85 bits per heavy atom. The number of para-hydroxylation sites is 1.